The molecule has 1 aliphatic rings. The lowest BCUT2D eigenvalue weighted by Crippen LogP contribution is -2.41. The highest BCUT2D eigenvalue weighted by Gasteiger charge is 2.52. The molecule has 2 rings (SSSR count). The van der Waals surface area contributed by atoms with Crippen LogP contribution in [0.2, 0.25) is 0 Å². The highest BCUT2D eigenvalue weighted by molar-refractivity contribution is 7.80. The van der Waals surface area contributed by atoms with Gasteiger partial charge >= 0.3 is 13.3 Å². The van der Waals surface area contributed by atoms with Gasteiger partial charge in [0.05, 0.1) is 16.8 Å². The number of rotatable bonds is 3. The summed E-state index contributed by atoms with van der Waals surface area (Å²) in [4.78, 5) is 0. The van der Waals surface area contributed by atoms with Gasteiger partial charge in [0.15, 0.2) is 0 Å². The summed E-state index contributed by atoms with van der Waals surface area (Å²) >= 11 is 4.23. The zero-order valence-electron chi connectivity index (χ0n) is 13.9. The summed E-state index contributed by atoms with van der Waals surface area (Å²) in [6, 6.07) is 2.91. The summed E-state index contributed by atoms with van der Waals surface area (Å²) < 4.78 is 50.4. The molecule has 1 fully saturated rings. The Morgan fingerprint density at radius 3 is 2.17 bits per heavy atom. The molecule has 0 aliphatic carbocycles. The predicted molar refractivity (Wildman–Crippen MR) is 91.0 cm³/mol. The number of phenolic OH excluding ortho intramolecular Hbond substituents is 1. The first-order chi connectivity index (χ1) is 10.9. The van der Waals surface area contributed by atoms with Crippen molar-refractivity contribution in [2.24, 2.45) is 0 Å². The van der Waals surface area contributed by atoms with Gasteiger partial charge in [0.25, 0.3) is 0 Å². The maximum atomic E-state index is 12.9. The topological polar surface area (TPSA) is 38.7 Å². The van der Waals surface area contributed by atoms with Crippen LogP contribution in [0.4, 0.5) is 13.2 Å². The standard InChI is InChI=1S/C16H20BF3O3S/c1-14(2)15(3,4)23-17(22-14)12(9-24)6-10-5-11(16(18,19)20)8-13(21)7-10/h5-8,21,24H,9H2,1-4H3. The van der Waals surface area contributed by atoms with E-state index in [9.17, 15) is 18.3 Å². The van der Waals surface area contributed by atoms with Gasteiger partial charge in [0.1, 0.15) is 5.75 Å². The summed E-state index contributed by atoms with van der Waals surface area (Å²) in [7, 11) is -0.704. The largest absolute Gasteiger partial charge is 0.508 e. The van der Waals surface area contributed by atoms with Crippen molar-refractivity contribution < 1.29 is 27.6 Å². The minimum absolute atomic E-state index is 0.209. The average molecular weight is 360 g/mol. The fraction of sp³-hybridized carbons (Fsp3) is 0.500. The van der Waals surface area contributed by atoms with Gasteiger partial charge in [0, 0.05) is 5.75 Å². The Kier molecular flexibility index (Phi) is 5.05. The van der Waals surface area contributed by atoms with Crippen LogP contribution >= 0.6 is 12.6 Å². The second kappa shape index (κ2) is 6.31. The van der Waals surface area contributed by atoms with Gasteiger partial charge < -0.3 is 14.4 Å². The zero-order chi connectivity index (χ0) is 18.3. The highest BCUT2D eigenvalue weighted by atomic mass is 32.1. The molecular weight excluding hydrogens is 340 g/mol. The van der Waals surface area contributed by atoms with E-state index >= 15 is 0 Å². The lowest BCUT2D eigenvalue weighted by molar-refractivity contribution is -0.137. The summed E-state index contributed by atoms with van der Waals surface area (Å²) in [5.74, 6) is -0.211. The smallest absolute Gasteiger partial charge is 0.491 e. The minimum Gasteiger partial charge on any atom is -0.508 e. The van der Waals surface area contributed by atoms with Crippen molar-refractivity contribution >= 4 is 25.8 Å². The maximum absolute atomic E-state index is 12.9. The number of phenols is 1. The lowest BCUT2D eigenvalue weighted by Gasteiger charge is -2.32. The number of halogens is 3. The van der Waals surface area contributed by atoms with Crippen LogP contribution in [-0.2, 0) is 15.5 Å². The van der Waals surface area contributed by atoms with Gasteiger partial charge in [-0.3, -0.25) is 0 Å². The number of benzene rings is 1. The fourth-order valence-corrected chi connectivity index (χ4v) is 2.52. The molecule has 0 amide bonds. The molecule has 1 heterocycles. The SMILES string of the molecule is CC1(C)OB(C(=Cc2cc(O)cc(C(F)(F)F)c2)CS)OC1(C)C. The van der Waals surface area contributed by atoms with Gasteiger partial charge in [-0.2, -0.15) is 25.8 Å². The third-order valence-corrected chi connectivity index (χ3v) is 4.72. The predicted octanol–water partition coefficient (Wildman–Crippen LogP) is 4.36. The van der Waals surface area contributed by atoms with Crippen LogP contribution in [0.3, 0.4) is 0 Å². The number of aromatic hydroxyl groups is 1. The molecule has 1 aromatic carbocycles. The minimum atomic E-state index is -4.53. The monoisotopic (exact) mass is 360 g/mol. The molecule has 1 aliphatic heterocycles. The van der Waals surface area contributed by atoms with E-state index in [4.69, 9.17) is 9.31 Å². The van der Waals surface area contributed by atoms with Crippen molar-refractivity contribution in [2.75, 3.05) is 5.75 Å². The molecule has 1 saturated heterocycles. The Labute approximate surface area is 145 Å². The average Bonchev–Trinajstić information content (AvgIpc) is 2.63. The normalized spacial score (nSPS) is 20.5. The Hall–Kier alpha value is -1.12. The van der Waals surface area contributed by atoms with Crippen LogP contribution in [0.25, 0.3) is 6.08 Å². The van der Waals surface area contributed by atoms with Gasteiger partial charge in [-0.1, -0.05) is 6.08 Å². The first-order valence-corrected chi connectivity index (χ1v) is 8.07. The first kappa shape index (κ1) is 19.2. The van der Waals surface area contributed by atoms with Crippen molar-refractivity contribution in [1.82, 2.24) is 0 Å². The maximum Gasteiger partial charge on any atom is 0.491 e. The molecule has 3 nitrogen and oxygen atoms in total. The van der Waals surface area contributed by atoms with Crippen LogP contribution in [0, 0.1) is 0 Å². The molecule has 0 radical (unpaired) electrons. The van der Waals surface area contributed by atoms with Crippen LogP contribution in [0.15, 0.2) is 23.7 Å². The molecule has 1 aromatic rings. The molecule has 24 heavy (non-hydrogen) atoms. The van der Waals surface area contributed by atoms with Gasteiger partial charge in [-0.15, -0.1) is 0 Å². The first-order valence-electron chi connectivity index (χ1n) is 7.44. The summed E-state index contributed by atoms with van der Waals surface area (Å²) in [6.45, 7) is 7.55. The van der Waals surface area contributed by atoms with Crippen molar-refractivity contribution in [3.05, 3.63) is 34.8 Å². The number of hydrogen-bond donors (Lipinski definition) is 2. The summed E-state index contributed by atoms with van der Waals surface area (Å²) in [5.41, 5.74) is -1.25. The Bertz CT molecular complexity index is 640. The Balaban J connectivity index is 2.37. The molecule has 0 saturated carbocycles. The van der Waals surface area contributed by atoms with E-state index in [1.807, 2.05) is 27.7 Å². The van der Waals surface area contributed by atoms with Crippen molar-refractivity contribution in [1.29, 1.82) is 0 Å². The number of thiol groups is 1. The van der Waals surface area contributed by atoms with Crippen molar-refractivity contribution in [3.63, 3.8) is 0 Å². The van der Waals surface area contributed by atoms with E-state index in [0.717, 1.165) is 6.07 Å². The highest BCUT2D eigenvalue weighted by Crippen LogP contribution is 2.39. The van der Waals surface area contributed by atoms with Gasteiger partial charge in [-0.05, 0) is 56.9 Å². The van der Waals surface area contributed by atoms with Crippen LogP contribution in [0.5, 0.6) is 5.75 Å². The Morgan fingerprint density at radius 2 is 1.71 bits per heavy atom. The number of hydrogen-bond acceptors (Lipinski definition) is 4. The second-order valence-corrected chi connectivity index (χ2v) is 7.09. The van der Waals surface area contributed by atoms with E-state index in [1.165, 1.54) is 12.1 Å². The summed E-state index contributed by atoms with van der Waals surface area (Å²) in [6.07, 6.45) is -3.03. The number of alkyl halides is 3. The molecular formula is C16H20BF3O3S. The molecule has 0 aromatic heterocycles. The van der Waals surface area contributed by atoms with Crippen molar-refractivity contribution in [3.8, 4) is 5.75 Å². The molecule has 8 heteroatoms. The van der Waals surface area contributed by atoms with Crippen LogP contribution in [-0.4, -0.2) is 29.2 Å². The van der Waals surface area contributed by atoms with E-state index in [1.54, 1.807) is 0 Å². The van der Waals surface area contributed by atoms with Gasteiger partial charge in [0.2, 0.25) is 0 Å². The van der Waals surface area contributed by atoms with E-state index in [0.29, 0.717) is 11.5 Å². The fourth-order valence-electron chi connectivity index (χ4n) is 2.28. The van der Waals surface area contributed by atoms with E-state index in [2.05, 4.69) is 12.6 Å². The third-order valence-electron chi connectivity index (χ3n) is 4.36. The molecule has 0 unspecified atom stereocenters. The zero-order valence-corrected chi connectivity index (χ0v) is 14.8. The molecule has 0 atom stereocenters. The van der Waals surface area contributed by atoms with Gasteiger partial charge in [-0.25, -0.2) is 0 Å². The van der Waals surface area contributed by atoms with E-state index < -0.39 is 35.8 Å². The van der Waals surface area contributed by atoms with E-state index in [-0.39, 0.29) is 11.3 Å². The summed E-state index contributed by atoms with van der Waals surface area (Å²) in [5, 5.41) is 9.56. The molecule has 1 N–H and O–H groups in total. The van der Waals surface area contributed by atoms with Crippen molar-refractivity contribution in [2.45, 2.75) is 45.1 Å². The Morgan fingerprint density at radius 1 is 1.17 bits per heavy atom. The van der Waals surface area contributed by atoms with Crippen LogP contribution < -0.4 is 0 Å². The molecule has 0 bridgehead atoms. The molecule has 0 spiro atoms. The second-order valence-electron chi connectivity index (χ2n) is 6.78. The third kappa shape index (κ3) is 3.92. The van der Waals surface area contributed by atoms with Crippen LogP contribution in [0.1, 0.15) is 38.8 Å². The lowest BCUT2D eigenvalue weighted by atomic mass is 9.78. The molecule has 132 valence electrons. The quantitative estimate of drug-likeness (QED) is 0.622.